The van der Waals surface area contributed by atoms with Crippen LogP contribution in [0.15, 0.2) is 11.6 Å². The summed E-state index contributed by atoms with van der Waals surface area (Å²) >= 11 is 1.75. The second kappa shape index (κ2) is 6.11. The van der Waals surface area contributed by atoms with Crippen LogP contribution in [0.25, 0.3) is 0 Å². The molecule has 0 radical (unpaired) electrons. The molecule has 0 bridgehead atoms. The molecule has 0 aromatic carbocycles. The first-order valence-corrected chi connectivity index (χ1v) is 5.86. The van der Waals surface area contributed by atoms with Crippen molar-refractivity contribution >= 4 is 11.3 Å². The minimum Gasteiger partial charge on any atom is -0.314 e. The zero-order valence-electron chi connectivity index (χ0n) is 8.42. The maximum atomic E-state index is 4.30. The lowest BCUT2D eigenvalue weighted by Gasteiger charge is -2.15. The zero-order valence-corrected chi connectivity index (χ0v) is 9.23. The van der Waals surface area contributed by atoms with E-state index in [1.807, 2.05) is 11.6 Å². The molecule has 0 aliphatic heterocycles. The fourth-order valence-corrected chi connectivity index (χ4v) is 2.18. The number of aromatic nitrogens is 1. The number of hydrogen-bond donors (Lipinski definition) is 1. The van der Waals surface area contributed by atoms with Crippen molar-refractivity contribution in [2.45, 2.75) is 39.2 Å². The minimum absolute atomic E-state index is 0.612. The van der Waals surface area contributed by atoms with Gasteiger partial charge in [-0.3, -0.25) is 0 Å². The van der Waals surface area contributed by atoms with Crippen molar-refractivity contribution < 1.29 is 0 Å². The number of nitrogens with one attached hydrogen (secondary N) is 1. The highest BCUT2D eigenvalue weighted by Gasteiger charge is 2.08. The van der Waals surface area contributed by atoms with Gasteiger partial charge in [-0.15, -0.1) is 11.3 Å². The third kappa shape index (κ3) is 3.87. The van der Waals surface area contributed by atoms with E-state index in [2.05, 4.69) is 24.1 Å². The monoisotopic (exact) mass is 198 g/mol. The van der Waals surface area contributed by atoms with E-state index in [1.165, 1.54) is 17.8 Å². The highest BCUT2D eigenvalue weighted by atomic mass is 32.1. The van der Waals surface area contributed by atoms with Crippen LogP contribution in [0.3, 0.4) is 0 Å². The molecule has 0 fully saturated rings. The molecule has 1 heterocycles. The Balaban J connectivity index is 2.37. The molecule has 1 rings (SSSR count). The van der Waals surface area contributed by atoms with E-state index >= 15 is 0 Å². The Morgan fingerprint density at radius 3 is 2.92 bits per heavy atom. The first kappa shape index (κ1) is 10.7. The lowest BCUT2D eigenvalue weighted by molar-refractivity contribution is 0.485. The molecule has 0 saturated carbocycles. The van der Waals surface area contributed by atoms with Gasteiger partial charge in [0.25, 0.3) is 0 Å². The van der Waals surface area contributed by atoms with Crippen LogP contribution in [-0.4, -0.2) is 17.6 Å². The van der Waals surface area contributed by atoms with Crippen molar-refractivity contribution in [2.24, 2.45) is 0 Å². The number of hydrogen-bond acceptors (Lipinski definition) is 3. The standard InChI is InChI=1S/C10H18N2S/c1-3-5-9(11-4-2)8-10-12-6-7-13-10/h6-7,9,11H,3-5,8H2,1-2H3. The SMILES string of the molecule is CCCC(Cc1nccs1)NCC. The molecule has 1 aromatic heterocycles. The summed E-state index contributed by atoms with van der Waals surface area (Å²) in [5.74, 6) is 0. The topological polar surface area (TPSA) is 24.9 Å². The first-order chi connectivity index (χ1) is 6.36. The predicted octanol–water partition coefficient (Wildman–Crippen LogP) is 2.46. The van der Waals surface area contributed by atoms with Gasteiger partial charge < -0.3 is 5.32 Å². The van der Waals surface area contributed by atoms with E-state index < -0.39 is 0 Å². The summed E-state index contributed by atoms with van der Waals surface area (Å²) in [5.41, 5.74) is 0. The van der Waals surface area contributed by atoms with E-state index in [1.54, 1.807) is 11.3 Å². The van der Waals surface area contributed by atoms with Crippen molar-refractivity contribution in [3.63, 3.8) is 0 Å². The molecule has 2 nitrogen and oxygen atoms in total. The molecule has 1 atom stereocenters. The number of likely N-dealkylation sites (N-methyl/N-ethyl adjacent to an activating group) is 1. The van der Waals surface area contributed by atoms with Gasteiger partial charge in [0.2, 0.25) is 0 Å². The van der Waals surface area contributed by atoms with E-state index in [-0.39, 0.29) is 0 Å². The average Bonchev–Trinajstić information content (AvgIpc) is 2.58. The molecule has 0 spiro atoms. The van der Waals surface area contributed by atoms with Gasteiger partial charge in [0.15, 0.2) is 0 Å². The first-order valence-electron chi connectivity index (χ1n) is 4.98. The van der Waals surface area contributed by atoms with Crippen molar-refractivity contribution in [2.75, 3.05) is 6.54 Å². The Bertz CT molecular complexity index is 203. The maximum Gasteiger partial charge on any atom is 0.0940 e. The van der Waals surface area contributed by atoms with Crippen LogP contribution in [0.2, 0.25) is 0 Å². The Morgan fingerprint density at radius 2 is 2.38 bits per heavy atom. The van der Waals surface area contributed by atoms with Crippen LogP contribution < -0.4 is 5.32 Å². The van der Waals surface area contributed by atoms with Crippen molar-refractivity contribution in [1.29, 1.82) is 0 Å². The number of nitrogens with zero attached hydrogens (tertiary/aromatic N) is 1. The molecule has 0 aliphatic carbocycles. The summed E-state index contributed by atoms with van der Waals surface area (Å²) in [6.07, 6.45) is 5.45. The number of thiazole rings is 1. The third-order valence-corrected chi connectivity index (χ3v) is 2.84. The molecular weight excluding hydrogens is 180 g/mol. The fourth-order valence-electron chi connectivity index (χ4n) is 1.48. The molecule has 1 N–H and O–H groups in total. The second-order valence-electron chi connectivity index (χ2n) is 3.17. The average molecular weight is 198 g/mol. The summed E-state index contributed by atoms with van der Waals surface area (Å²) in [7, 11) is 0. The number of rotatable bonds is 6. The van der Waals surface area contributed by atoms with Crippen LogP contribution in [0.4, 0.5) is 0 Å². The van der Waals surface area contributed by atoms with E-state index in [0.717, 1.165) is 13.0 Å². The Morgan fingerprint density at radius 1 is 1.54 bits per heavy atom. The fraction of sp³-hybridized carbons (Fsp3) is 0.700. The summed E-state index contributed by atoms with van der Waals surface area (Å²) in [4.78, 5) is 4.30. The Hall–Kier alpha value is -0.410. The Labute approximate surface area is 84.4 Å². The van der Waals surface area contributed by atoms with Crippen LogP contribution >= 0.6 is 11.3 Å². The third-order valence-electron chi connectivity index (χ3n) is 2.03. The molecule has 1 aromatic rings. The molecule has 0 saturated heterocycles. The molecule has 0 amide bonds. The summed E-state index contributed by atoms with van der Waals surface area (Å²) in [6, 6.07) is 0.612. The molecule has 74 valence electrons. The highest BCUT2D eigenvalue weighted by Crippen LogP contribution is 2.10. The maximum absolute atomic E-state index is 4.30. The van der Waals surface area contributed by atoms with E-state index in [0.29, 0.717) is 6.04 Å². The normalized spacial score (nSPS) is 13.1. The van der Waals surface area contributed by atoms with Crippen molar-refractivity contribution in [3.8, 4) is 0 Å². The van der Waals surface area contributed by atoms with E-state index in [9.17, 15) is 0 Å². The molecule has 1 unspecified atom stereocenters. The van der Waals surface area contributed by atoms with Crippen LogP contribution in [-0.2, 0) is 6.42 Å². The Kier molecular flexibility index (Phi) is 5.01. The van der Waals surface area contributed by atoms with Crippen LogP contribution in [0.1, 0.15) is 31.7 Å². The van der Waals surface area contributed by atoms with Crippen LogP contribution in [0, 0.1) is 0 Å². The van der Waals surface area contributed by atoms with Gasteiger partial charge in [-0.05, 0) is 13.0 Å². The molecule has 3 heteroatoms. The summed E-state index contributed by atoms with van der Waals surface area (Å²) in [6.45, 7) is 5.44. The lowest BCUT2D eigenvalue weighted by Crippen LogP contribution is -2.30. The van der Waals surface area contributed by atoms with E-state index in [4.69, 9.17) is 0 Å². The van der Waals surface area contributed by atoms with Gasteiger partial charge in [0, 0.05) is 24.0 Å². The van der Waals surface area contributed by atoms with Crippen LogP contribution in [0.5, 0.6) is 0 Å². The van der Waals surface area contributed by atoms with Gasteiger partial charge in [-0.25, -0.2) is 4.98 Å². The van der Waals surface area contributed by atoms with Gasteiger partial charge >= 0.3 is 0 Å². The van der Waals surface area contributed by atoms with Crippen molar-refractivity contribution in [1.82, 2.24) is 10.3 Å². The summed E-state index contributed by atoms with van der Waals surface area (Å²) in [5, 5.41) is 6.78. The predicted molar refractivity (Wildman–Crippen MR) is 58.2 cm³/mol. The van der Waals surface area contributed by atoms with Gasteiger partial charge in [-0.2, -0.15) is 0 Å². The molecule has 13 heavy (non-hydrogen) atoms. The molecule has 0 aliphatic rings. The van der Waals surface area contributed by atoms with Gasteiger partial charge in [0.05, 0.1) is 5.01 Å². The van der Waals surface area contributed by atoms with Gasteiger partial charge in [-0.1, -0.05) is 20.3 Å². The smallest absolute Gasteiger partial charge is 0.0940 e. The lowest BCUT2D eigenvalue weighted by atomic mass is 10.1. The molecular formula is C10H18N2S. The minimum atomic E-state index is 0.612. The largest absolute Gasteiger partial charge is 0.314 e. The zero-order chi connectivity index (χ0) is 9.52. The quantitative estimate of drug-likeness (QED) is 0.759. The highest BCUT2D eigenvalue weighted by molar-refractivity contribution is 7.09. The van der Waals surface area contributed by atoms with Crippen molar-refractivity contribution in [3.05, 3.63) is 16.6 Å². The second-order valence-corrected chi connectivity index (χ2v) is 4.15. The van der Waals surface area contributed by atoms with Gasteiger partial charge in [0.1, 0.15) is 0 Å². The summed E-state index contributed by atoms with van der Waals surface area (Å²) < 4.78 is 0.